The number of hydrogen-bond acceptors (Lipinski definition) is 6. The molecule has 150 valence electrons. The summed E-state index contributed by atoms with van der Waals surface area (Å²) in [7, 11) is 0. The summed E-state index contributed by atoms with van der Waals surface area (Å²) in [6.45, 7) is 8.49. The normalized spacial score (nSPS) is 15.9. The molecule has 1 aliphatic rings. The molecule has 0 bridgehead atoms. The third-order valence-corrected chi connectivity index (χ3v) is 5.61. The van der Waals surface area contributed by atoms with Gasteiger partial charge in [-0.05, 0) is 20.8 Å². The fraction of sp³-hybridized carbons (Fsp3) is 0.450. The Balaban J connectivity index is 1.54. The van der Waals surface area contributed by atoms with Gasteiger partial charge in [0.05, 0.1) is 18.3 Å². The summed E-state index contributed by atoms with van der Waals surface area (Å²) in [6.07, 6.45) is -0.286. The van der Waals surface area contributed by atoms with Crippen molar-refractivity contribution in [3.8, 4) is 11.3 Å². The van der Waals surface area contributed by atoms with E-state index >= 15 is 0 Å². The van der Waals surface area contributed by atoms with Crippen LogP contribution in [0.5, 0.6) is 0 Å². The Morgan fingerprint density at radius 1 is 1.21 bits per heavy atom. The van der Waals surface area contributed by atoms with E-state index in [2.05, 4.69) is 15.2 Å². The zero-order chi connectivity index (χ0) is 20.1. The van der Waals surface area contributed by atoms with Crippen molar-refractivity contribution in [2.45, 2.75) is 26.8 Å². The smallest absolute Gasteiger partial charge is 0.409 e. The molecule has 0 unspecified atom stereocenters. The maximum atomic E-state index is 12.6. The third kappa shape index (κ3) is 4.88. The molecule has 8 heteroatoms. The van der Waals surface area contributed by atoms with Gasteiger partial charge in [0.25, 0.3) is 0 Å². The van der Waals surface area contributed by atoms with Crippen molar-refractivity contribution in [1.29, 1.82) is 0 Å². The lowest BCUT2D eigenvalue weighted by atomic mass is 10.1. The van der Waals surface area contributed by atoms with Crippen LogP contribution in [0.3, 0.4) is 0 Å². The van der Waals surface area contributed by atoms with Gasteiger partial charge in [-0.3, -0.25) is 9.69 Å². The standard InChI is InChI=1S/C20H26N4O3S/c1-4-27-20(26)24-11-9-23(10-12-24)15(3)18(25)22-19-21-17(13-28-19)16-7-5-14(2)6-8-16/h5-8,13,15H,4,9-12H2,1-3H3,(H,21,22,25)/t15-/m0/s1. The fourth-order valence-corrected chi connectivity index (χ4v) is 3.79. The van der Waals surface area contributed by atoms with Crippen LogP contribution in [-0.2, 0) is 9.53 Å². The summed E-state index contributed by atoms with van der Waals surface area (Å²) < 4.78 is 5.03. The lowest BCUT2D eigenvalue weighted by Gasteiger charge is -2.36. The topological polar surface area (TPSA) is 74.8 Å². The van der Waals surface area contributed by atoms with Gasteiger partial charge in [-0.15, -0.1) is 11.3 Å². The number of nitrogens with zero attached hydrogens (tertiary/aromatic N) is 3. The second kappa shape index (κ2) is 9.16. The van der Waals surface area contributed by atoms with E-state index in [4.69, 9.17) is 4.74 Å². The van der Waals surface area contributed by atoms with Crippen molar-refractivity contribution in [3.05, 3.63) is 35.2 Å². The van der Waals surface area contributed by atoms with Gasteiger partial charge < -0.3 is 15.0 Å². The number of hydrogen-bond donors (Lipinski definition) is 1. The first-order valence-corrected chi connectivity index (χ1v) is 10.3. The molecule has 1 aromatic carbocycles. The predicted octanol–water partition coefficient (Wildman–Crippen LogP) is 3.22. The molecule has 1 aliphatic heterocycles. The first kappa shape index (κ1) is 20.3. The second-order valence-electron chi connectivity index (χ2n) is 6.79. The predicted molar refractivity (Wildman–Crippen MR) is 111 cm³/mol. The van der Waals surface area contributed by atoms with Crippen LogP contribution in [0.4, 0.5) is 9.93 Å². The number of benzene rings is 1. The van der Waals surface area contributed by atoms with Crippen LogP contribution in [0.2, 0.25) is 0 Å². The highest BCUT2D eigenvalue weighted by molar-refractivity contribution is 7.14. The van der Waals surface area contributed by atoms with Crippen LogP contribution in [-0.4, -0.2) is 65.6 Å². The minimum absolute atomic E-state index is 0.0885. The summed E-state index contributed by atoms with van der Waals surface area (Å²) in [6, 6.07) is 7.86. The maximum Gasteiger partial charge on any atom is 0.409 e. The molecular weight excluding hydrogens is 376 g/mol. The summed E-state index contributed by atoms with van der Waals surface area (Å²) in [5.41, 5.74) is 3.09. The van der Waals surface area contributed by atoms with E-state index in [9.17, 15) is 9.59 Å². The van der Waals surface area contributed by atoms with E-state index < -0.39 is 0 Å². The zero-order valence-electron chi connectivity index (χ0n) is 16.5. The highest BCUT2D eigenvalue weighted by atomic mass is 32.1. The number of ether oxygens (including phenoxy) is 1. The Hall–Kier alpha value is -2.45. The number of anilines is 1. The van der Waals surface area contributed by atoms with Gasteiger partial charge in [-0.2, -0.15) is 0 Å². The van der Waals surface area contributed by atoms with Crippen molar-refractivity contribution in [1.82, 2.24) is 14.8 Å². The molecule has 1 saturated heterocycles. The second-order valence-corrected chi connectivity index (χ2v) is 7.65. The van der Waals surface area contributed by atoms with Crippen LogP contribution in [0.1, 0.15) is 19.4 Å². The molecule has 1 N–H and O–H groups in total. The minimum Gasteiger partial charge on any atom is -0.450 e. The fourth-order valence-electron chi connectivity index (χ4n) is 3.07. The number of carbonyl (C=O) groups is 2. The van der Waals surface area contributed by atoms with E-state index in [-0.39, 0.29) is 18.0 Å². The van der Waals surface area contributed by atoms with E-state index in [1.807, 2.05) is 43.5 Å². The molecular formula is C20H26N4O3S. The molecule has 1 atom stereocenters. The molecule has 1 aromatic heterocycles. The van der Waals surface area contributed by atoms with Gasteiger partial charge in [-0.1, -0.05) is 29.8 Å². The van der Waals surface area contributed by atoms with Crippen molar-refractivity contribution in [3.63, 3.8) is 0 Å². The lowest BCUT2D eigenvalue weighted by molar-refractivity contribution is -0.121. The number of thiazole rings is 1. The summed E-state index contributed by atoms with van der Waals surface area (Å²) in [5.74, 6) is -0.0885. The molecule has 0 aliphatic carbocycles. The molecule has 2 aromatic rings. The van der Waals surface area contributed by atoms with Crippen molar-refractivity contribution in [2.24, 2.45) is 0 Å². The van der Waals surface area contributed by atoms with Gasteiger partial charge in [0.2, 0.25) is 5.91 Å². The molecule has 0 radical (unpaired) electrons. The van der Waals surface area contributed by atoms with Crippen molar-refractivity contribution < 1.29 is 14.3 Å². The Morgan fingerprint density at radius 3 is 2.54 bits per heavy atom. The van der Waals surface area contributed by atoms with Crippen LogP contribution in [0.25, 0.3) is 11.3 Å². The Bertz CT molecular complexity index is 813. The zero-order valence-corrected chi connectivity index (χ0v) is 17.3. The van der Waals surface area contributed by atoms with Crippen LogP contribution < -0.4 is 5.32 Å². The molecule has 2 heterocycles. The van der Waals surface area contributed by atoms with E-state index in [1.54, 1.807) is 11.8 Å². The maximum absolute atomic E-state index is 12.6. The molecule has 0 spiro atoms. The van der Waals surface area contributed by atoms with Crippen LogP contribution in [0, 0.1) is 6.92 Å². The number of aromatic nitrogens is 1. The number of aryl methyl sites for hydroxylation is 1. The summed E-state index contributed by atoms with van der Waals surface area (Å²) in [4.78, 5) is 32.7. The largest absolute Gasteiger partial charge is 0.450 e. The first-order valence-electron chi connectivity index (χ1n) is 9.47. The number of rotatable bonds is 5. The third-order valence-electron chi connectivity index (χ3n) is 4.85. The molecule has 28 heavy (non-hydrogen) atoms. The van der Waals surface area contributed by atoms with Crippen molar-refractivity contribution >= 4 is 28.5 Å². The Labute approximate surface area is 169 Å². The number of piperazine rings is 1. The van der Waals surface area contributed by atoms with Gasteiger partial charge in [0.1, 0.15) is 0 Å². The number of nitrogens with one attached hydrogen (secondary N) is 1. The van der Waals surface area contributed by atoms with E-state index in [0.717, 1.165) is 11.3 Å². The summed E-state index contributed by atoms with van der Waals surface area (Å²) in [5, 5.41) is 5.46. The van der Waals surface area contributed by atoms with Gasteiger partial charge in [-0.25, -0.2) is 9.78 Å². The van der Waals surface area contributed by atoms with E-state index in [0.29, 0.717) is 37.9 Å². The summed E-state index contributed by atoms with van der Waals surface area (Å²) >= 11 is 1.42. The molecule has 3 rings (SSSR count). The average Bonchev–Trinajstić information content (AvgIpc) is 3.16. The Morgan fingerprint density at radius 2 is 1.89 bits per heavy atom. The monoisotopic (exact) mass is 402 g/mol. The first-order chi connectivity index (χ1) is 13.5. The quantitative estimate of drug-likeness (QED) is 0.831. The molecule has 1 fully saturated rings. The Kier molecular flexibility index (Phi) is 6.64. The molecule has 7 nitrogen and oxygen atoms in total. The van der Waals surface area contributed by atoms with Crippen LogP contribution >= 0.6 is 11.3 Å². The SMILES string of the molecule is CCOC(=O)N1CCN([C@@H](C)C(=O)Nc2nc(-c3ccc(C)cc3)cs2)CC1. The van der Waals surface area contributed by atoms with Crippen molar-refractivity contribution in [2.75, 3.05) is 38.1 Å². The average molecular weight is 403 g/mol. The molecule has 2 amide bonds. The lowest BCUT2D eigenvalue weighted by Crippen LogP contribution is -2.54. The minimum atomic E-state index is -0.295. The van der Waals surface area contributed by atoms with Gasteiger partial charge in [0, 0.05) is 37.1 Å². The highest BCUT2D eigenvalue weighted by Crippen LogP contribution is 2.25. The van der Waals surface area contributed by atoms with E-state index in [1.165, 1.54) is 16.9 Å². The number of carbonyl (C=O) groups excluding carboxylic acids is 2. The highest BCUT2D eigenvalue weighted by Gasteiger charge is 2.28. The van der Waals surface area contributed by atoms with Crippen LogP contribution in [0.15, 0.2) is 29.6 Å². The van der Waals surface area contributed by atoms with Gasteiger partial charge >= 0.3 is 6.09 Å². The van der Waals surface area contributed by atoms with Gasteiger partial charge in [0.15, 0.2) is 5.13 Å². The molecule has 0 saturated carbocycles. The number of amides is 2.